The predicted octanol–water partition coefficient (Wildman–Crippen LogP) is 2.33. The van der Waals surface area contributed by atoms with Gasteiger partial charge in [0.15, 0.2) is 0 Å². The molecule has 0 spiro atoms. The summed E-state index contributed by atoms with van der Waals surface area (Å²) < 4.78 is 5.36. The Morgan fingerprint density at radius 3 is 2.07 bits per heavy atom. The molecule has 2 fully saturated rings. The average molecular weight is 380 g/mol. The van der Waals surface area contributed by atoms with Crippen LogP contribution in [0.3, 0.4) is 0 Å². The van der Waals surface area contributed by atoms with Crippen molar-refractivity contribution >= 4 is 5.91 Å². The number of benzene rings is 2. The van der Waals surface area contributed by atoms with Crippen LogP contribution in [0.25, 0.3) is 11.1 Å². The molecule has 0 unspecified atom stereocenters. The van der Waals surface area contributed by atoms with Crippen molar-refractivity contribution in [3.63, 3.8) is 0 Å². The molecule has 0 bridgehead atoms. The maximum absolute atomic E-state index is 12.5. The maximum Gasteiger partial charge on any atom is 0.236 e. The summed E-state index contributed by atoms with van der Waals surface area (Å²) in [6.45, 7) is 8.22. The number of amides is 1. The van der Waals surface area contributed by atoms with E-state index in [9.17, 15) is 4.79 Å². The number of carbonyl (C=O) groups is 1. The normalized spacial score (nSPS) is 18.9. The Hall–Kier alpha value is -2.21. The summed E-state index contributed by atoms with van der Waals surface area (Å²) in [5, 5.41) is 0. The van der Waals surface area contributed by atoms with Gasteiger partial charge in [0.05, 0.1) is 19.8 Å². The fourth-order valence-corrected chi connectivity index (χ4v) is 3.90. The zero-order valence-electron chi connectivity index (χ0n) is 16.4. The van der Waals surface area contributed by atoms with Crippen molar-refractivity contribution in [3.05, 3.63) is 60.2 Å². The fraction of sp³-hybridized carbons (Fsp3) is 0.435. The van der Waals surface area contributed by atoms with E-state index in [1.165, 1.54) is 16.7 Å². The van der Waals surface area contributed by atoms with E-state index < -0.39 is 0 Å². The van der Waals surface area contributed by atoms with Crippen molar-refractivity contribution in [2.24, 2.45) is 0 Å². The molecule has 28 heavy (non-hydrogen) atoms. The quantitative estimate of drug-likeness (QED) is 0.799. The van der Waals surface area contributed by atoms with Crippen LogP contribution in [0.5, 0.6) is 0 Å². The summed E-state index contributed by atoms with van der Waals surface area (Å²) >= 11 is 0. The van der Waals surface area contributed by atoms with Crippen molar-refractivity contribution in [1.82, 2.24) is 14.7 Å². The third-order valence-electron chi connectivity index (χ3n) is 5.65. The van der Waals surface area contributed by atoms with E-state index >= 15 is 0 Å². The second-order valence-corrected chi connectivity index (χ2v) is 7.61. The van der Waals surface area contributed by atoms with Gasteiger partial charge in [-0.15, -0.1) is 0 Å². The van der Waals surface area contributed by atoms with Gasteiger partial charge in [-0.1, -0.05) is 54.6 Å². The summed E-state index contributed by atoms with van der Waals surface area (Å²) in [6, 6.07) is 19.3. The highest BCUT2D eigenvalue weighted by Crippen LogP contribution is 2.20. The number of hydrogen-bond donors (Lipinski definition) is 0. The molecule has 2 aromatic carbocycles. The van der Waals surface area contributed by atoms with Gasteiger partial charge in [-0.25, -0.2) is 0 Å². The molecule has 148 valence electrons. The minimum absolute atomic E-state index is 0.258. The first kappa shape index (κ1) is 19.1. The van der Waals surface area contributed by atoms with Crippen LogP contribution in [-0.4, -0.2) is 79.6 Å². The van der Waals surface area contributed by atoms with Gasteiger partial charge in [0, 0.05) is 45.8 Å². The van der Waals surface area contributed by atoms with Crippen molar-refractivity contribution in [2.75, 3.05) is 59.0 Å². The monoisotopic (exact) mass is 379 g/mol. The predicted molar refractivity (Wildman–Crippen MR) is 111 cm³/mol. The Morgan fingerprint density at radius 2 is 1.39 bits per heavy atom. The summed E-state index contributed by atoms with van der Waals surface area (Å²) in [6.07, 6.45) is 0. The standard InChI is InChI=1S/C23H29N3O2/c27-23(19-25-14-16-28-17-15-25)26-12-10-24(11-13-26)18-20-6-8-22(9-7-20)21-4-2-1-3-5-21/h1-9H,10-19H2. The van der Waals surface area contributed by atoms with E-state index in [2.05, 4.69) is 58.3 Å². The Labute approximate surface area is 167 Å². The number of rotatable bonds is 5. The van der Waals surface area contributed by atoms with Crippen molar-refractivity contribution < 1.29 is 9.53 Å². The molecule has 0 aromatic heterocycles. The molecule has 0 aliphatic carbocycles. The largest absolute Gasteiger partial charge is 0.379 e. The van der Waals surface area contributed by atoms with Crippen LogP contribution < -0.4 is 0 Å². The SMILES string of the molecule is O=C(CN1CCOCC1)N1CCN(Cc2ccc(-c3ccccc3)cc2)CC1. The minimum atomic E-state index is 0.258. The number of hydrogen-bond acceptors (Lipinski definition) is 4. The second kappa shape index (κ2) is 9.32. The number of ether oxygens (including phenoxy) is 1. The van der Waals surface area contributed by atoms with E-state index in [1.54, 1.807) is 0 Å². The Morgan fingerprint density at radius 1 is 0.750 bits per heavy atom. The van der Waals surface area contributed by atoms with Crippen molar-refractivity contribution in [2.45, 2.75) is 6.54 Å². The molecule has 0 radical (unpaired) electrons. The maximum atomic E-state index is 12.5. The molecule has 4 rings (SSSR count). The summed E-state index contributed by atoms with van der Waals surface area (Å²) in [5.41, 5.74) is 3.83. The van der Waals surface area contributed by atoms with Gasteiger partial charge in [0.1, 0.15) is 0 Å². The van der Waals surface area contributed by atoms with Gasteiger partial charge in [-0.2, -0.15) is 0 Å². The molecule has 0 N–H and O–H groups in total. The van der Waals surface area contributed by atoms with E-state index in [0.717, 1.165) is 59.0 Å². The first-order chi connectivity index (χ1) is 13.8. The molecular weight excluding hydrogens is 350 g/mol. The highest BCUT2D eigenvalue weighted by molar-refractivity contribution is 5.78. The van der Waals surface area contributed by atoms with Gasteiger partial charge in [-0.3, -0.25) is 14.6 Å². The van der Waals surface area contributed by atoms with Crippen LogP contribution in [0, 0.1) is 0 Å². The van der Waals surface area contributed by atoms with Crippen LogP contribution >= 0.6 is 0 Å². The molecule has 0 saturated carbocycles. The number of nitrogens with zero attached hydrogens (tertiary/aromatic N) is 3. The first-order valence-electron chi connectivity index (χ1n) is 10.2. The van der Waals surface area contributed by atoms with E-state index in [1.807, 2.05) is 11.0 Å². The molecule has 5 heteroatoms. The van der Waals surface area contributed by atoms with Crippen molar-refractivity contribution in [1.29, 1.82) is 0 Å². The zero-order valence-corrected chi connectivity index (χ0v) is 16.4. The lowest BCUT2D eigenvalue weighted by molar-refractivity contribution is -0.135. The Balaban J connectivity index is 1.24. The third kappa shape index (κ3) is 4.98. The summed E-state index contributed by atoms with van der Waals surface area (Å²) in [5.74, 6) is 0.258. The minimum Gasteiger partial charge on any atom is -0.379 e. The highest BCUT2D eigenvalue weighted by atomic mass is 16.5. The average Bonchev–Trinajstić information content (AvgIpc) is 2.76. The van der Waals surface area contributed by atoms with Gasteiger partial charge in [0.2, 0.25) is 5.91 Å². The molecule has 2 aliphatic rings. The van der Waals surface area contributed by atoms with Crippen LogP contribution in [0.1, 0.15) is 5.56 Å². The lowest BCUT2D eigenvalue weighted by atomic mass is 10.0. The van der Waals surface area contributed by atoms with Gasteiger partial charge in [-0.05, 0) is 16.7 Å². The molecule has 2 aromatic rings. The number of carbonyl (C=O) groups excluding carboxylic acids is 1. The van der Waals surface area contributed by atoms with Gasteiger partial charge >= 0.3 is 0 Å². The van der Waals surface area contributed by atoms with E-state index in [4.69, 9.17) is 4.74 Å². The second-order valence-electron chi connectivity index (χ2n) is 7.61. The summed E-state index contributed by atoms with van der Waals surface area (Å²) in [7, 11) is 0. The topological polar surface area (TPSA) is 36.0 Å². The van der Waals surface area contributed by atoms with Gasteiger partial charge in [0.25, 0.3) is 0 Å². The van der Waals surface area contributed by atoms with Crippen LogP contribution in [0.15, 0.2) is 54.6 Å². The number of piperazine rings is 1. The Bertz CT molecular complexity index is 749. The highest BCUT2D eigenvalue weighted by Gasteiger charge is 2.23. The molecule has 0 atom stereocenters. The molecule has 1 amide bonds. The van der Waals surface area contributed by atoms with Crippen LogP contribution in [0.4, 0.5) is 0 Å². The van der Waals surface area contributed by atoms with E-state index in [0.29, 0.717) is 6.54 Å². The van der Waals surface area contributed by atoms with Crippen molar-refractivity contribution in [3.8, 4) is 11.1 Å². The third-order valence-corrected chi connectivity index (χ3v) is 5.65. The molecule has 5 nitrogen and oxygen atoms in total. The van der Waals surface area contributed by atoms with Gasteiger partial charge < -0.3 is 9.64 Å². The zero-order chi connectivity index (χ0) is 19.2. The lowest BCUT2D eigenvalue weighted by Crippen LogP contribution is -2.51. The molecule has 2 heterocycles. The fourth-order valence-electron chi connectivity index (χ4n) is 3.90. The van der Waals surface area contributed by atoms with Crippen LogP contribution in [-0.2, 0) is 16.1 Å². The Kier molecular flexibility index (Phi) is 6.37. The van der Waals surface area contributed by atoms with E-state index in [-0.39, 0.29) is 5.91 Å². The lowest BCUT2D eigenvalue weighted by Gasteiger charge is -2.36. The molecular formula is C23H29N3O2. The van der Waals surface area contributed by atoms with Crippen LogP contribution in [0.2, 0.25) is 0 Å². The molecule has 2 aliphatic heterocycles. The summed E-state index contributed by atoms with van der Waals surface area (Å²) in [4.78, 5) is 19.2. The molecule has 2 saturated heterocycles. The number of morpholine rings is 1. The first-order valence-corrected chi connectivity index (χ1v) is 10.2. The smallest absolute Gasteiger partial charge is 0.236 e.